The average Bonchev–Trinajstić information content (AvgIpc) is 2.82. The Morgan fingerprint density at radius 2 is 1.64 bits per heavy atom. The lowest BCUT2D eigenvalue weighted by atomic mass is 10.00. The van der Waals surface area contributed by atoms with E-state index in [4.69, 9.17) is 19.3 Å². The van der Waals surface area contributed by atoms with Crippen molar-refractivity contribution in [2.24, 2.45) is 0 Å². The van der Waals surface area contributed by atoms with Gasteiger partial charge >= 0.3 is 11.9 Å². The fourth-order valence-corrected chi connectivity index (χ4v) is 3.35. The second kappa shape index (κ2) is 15.0. The number of carboxylic acid groups (broad SMARTS) is 1. The van der Waals surface area contributed by atoms with Gasteiger partial charge in [-0.1, -0.05) is 0 Å². The van der Waals surface area contributed by atoms with Gasteiger partial charge in [0.05, 0.1) is 25.4 Å². The molecular formula is C21H36N2O13. The van der Waals surface area contributed by atoms with Crippen LogP contribution >= 0.6 is 0 Å². The topological polar surface area (TPSA) is 241 Å². The van der Waals surface area contributed by atoms with Crippen molar-refractivity contribution in [1.82, 2.24) is 10.6 Å². The first kappa shape index (κ1) is 31.6. The molecule has 0 aromatic carbocycles. The molecule has 0 radical (unpaired) electrons. The third-order valence-electron chi connectivity index (χ3n) is 5.43. The van der Waals surface area contributed by atoms with Crippen LogP contribution in [0.15, 0.2) is 0 Å². The van der Waals surface area contributed by atoms with E-state index in [2.05, 4.69) is 10.6 Å². The third-order valence-corrected chi connectivity index (χ3v) is 5.43. The Hall–Kier alpha value is -2.40. The molecule has 15 heteroatoms. The van der Waals surface area contributed by atoms with Crippen LogP contribution in [0, 0.1) is 0 Å². The Bertz CT molecular complexity index is 751. The van der Waals surface area contributed by atoms with Crippen molar-refractivity contribution < 1.29 is 64.0 Å². The van der Waals surface area contributed by atoms with Gasteiger partial charge in [-0.05, 0) is 27.2 Å². The molecule has 0 aromatic heterocycles. The zero-order valence-corrected chi connectivity index (χ0v) is 20.3. The molecule has 0 bridgehead atoms. The number of aliphatic carboxylic acids is 1. The van der Waals surface area contributed by atoms with E-state index in [0.717, 1.165) is 0 Å². The van der Waals surface area contributed by atoms with E-state index in [-0.39, 0.29) is 25.9 Å². The molecule has 2 amide bonds. The second-order valence-corrected chi connectivity index (χ2v) is 8.30. The summed E-state index contributed by atoms with van der Waals surface area (Å²) in [5.41, 5.74) is 0. The van der Waals surface area contributed by atoms with E-state index in [1.807, 2.05) is 0 Å². The van der Waals surface area contributed by atoms with E-state index < -0.39 is 85.4 Å². The van der Waals surface area contributed by atoms with Crippen LogP contribution in [0.5, 0.6) is 0 Å². The highest BCUT2D eigenvalue weighted by Crippen LogP contribution is 2.23. The van der Waals surface area contributed by atoms with Crippen LogP contribution in [-0.2, 0) is 33.4 Å². The molecule has 1 saturated heterocycles. The van der Waals surface area contributed by atoms with E-state index in [1.165, 1.54) is 20.8 Å². The van der Waals surface area contributed by atoms with E-state index in [0.29, 0.717) is 0 Å². The normalized spacial score (nSPS) is 27.3. The minimum Gasteiger partial charge on any atom is -0.481 e. The molecule has 1 aliphatic heterocycles. The SMILES string of the molecule is CCOC(=O)[C@@H](NC(=O)[C@@H](NC(=O)CCCC(=O)O)C(O)CO)[C@@H](C)O[C@@H]1O[C@@H](C)[C@@H](O)[C@@H](O)[C@@H]1O. The third kappa shape index (κ3) is 9.24. The van der Waals surface area contributed by atoms with Crippen LogP contribution in [0.4, 0.5) is 0 Å². The number of esters is 1. The van der Waals surface area contributed by atoms with E-state index in [9.17, 15) is 44.7 Å². The van der Waals surface area contributed by atoms with Gasteiger partial charge in [0.1, 0.15) is 30.5 Å². The number of carbonyl (C=O) groups excluding carboxylic acids is 3. The van der Waals surface area contributed by atoms with Crippen LogP contribution < -0.4 is 10.6 Å². The fraction of sp³-hybridized carbons (Fsp3) is 0.810. The summed E-state index contributed by atoms with van der Waals surface area (Å²) in [5.74, 6) is -3.96. The predicted octanol–water partition coefficient (Wildman–Crippen LogP) is -3.64. The maximum atomic E-state index is 12.9. The van der Waals surface area contributed by atoms with Gasteiger partial charge in [0.2, 0.25) is 11.8 Å². The summed E-state index contributed by atoms with van der Waals surface area (Å²) in [6.07, 6.45) is -10.8. The molecule has 0 aliphatic carbocycles. The molecule has 1 heterocycles. The van der Waals surface area contributed by atoms with Crippen molar-refractivity contribution in [1.29, 1.82) is 0 Å². The first-order valence-corrected chi connectivity index (χ1v) is 11.5. The summed E-state index contributed by atoms with van der Waals surface area (Å²) in [6, 6.07) is -3.27. The minimum atomic E-state index is -1.77. The van der Waals surface area contributed by atoms with Crippen molar-refractivity contribution in [3.8, 4) is 0 Å². The smallest absolute Gasteiger partial charge is 0.331 e. The number of rotatable bonds is 14. The molecule has 1 aliphatic rings. The maximum absolute atomic E-state index is 12.9. The highest BCUT2D eigenvalue weighted by molar-refractivity contribution is 5.91. The van der Waals surface area contributed by atoms with Gasteiger partial charge in [0.15, 0.2) is 12.3 Å². The molecule has 1 fully saturated rings. The van der Waals surface area contributed by atoms with Crippen molar-refractivity contribution in [3.63, 3.8) is 0 Å². The number of carboxylic acids is 1. The Morgan fingerprint density at radius 3 is 2.19 bits per heavy atom. The number of ether oxygens (including phenoxy) is 3. The van der Waals surface area contributed by atoms with Crippen molar-refractivity contribution in [3.05, 3.63) is 0 Å². The molecular weight excluding hydrogens is 488 g/mol. The summed E-state index contributed by atoms with van der Waals surface area (Å²) in [5, 5.41) is 62.4. The van der Waals surface area contributed by atoms with Crippen LogP contribution in [-0.4, -0.2) is 123 Å². The fourth-order valence-electron chi connectivity index (χ4n) is 3.35. The van der Waals surface area contributed by atoms with E-state index >= 15 is 0 Å². The van der Waals surface area contributed by atoms with Crippen molar-refractivity contribution >= 4 is 23.8 Å². The lowest BCUT2D eigenvalue weighted by Crippen LogP contribution is -2.61. The summed E-state index contributed by atoms with van der Waals surface area (Å²) in [7, 11) is 0. The van der Waals surface area contributed by atoms with Gasteiger partial charge in [0.25, 0.3) is 0 Å². The zero-order valence-electron chi connectivity index (χ0n) is 20.3. The zero-order chi connectivity index (χ0) is 27.6. The molecule has 9 atom stereocenters. The highest BCUT2D eigenvalue weighted by atomic mass is 16.7. The first-order chi connectivity index (χ1) is 16.8. The van der Waals surface area contributed by atoms with E-state index in [1.54, 1.807) is 0 Å². The summed E-state index contributed by atoms with van der Waals surface area (Å²) >= 11 is 0. The van der Waals surface area contributed by atoms with Crippen LogP contribution in [0.3, 0.4) is 0 Å². The highest BCUT2D eigenvalue weighted by Gasteiger charge is 2.44. The number of hydrogen-bond donors (Lipinski definition) is 8. The maximum Gasteiger partial charge on any atom is 0.331 e. The van der Waals surface area contributed by atoms with Crippen molar-refractivity contribution in [2.75, 3.05) is 13.2 Å². The molecule has 208 valence electrons. The molecule has 0 saturated carbocycles. The number of carbonyl (C=O) groups is 4. The molecule has 1 rings (SSSR count). The van der Waals surface area contributed by atoms with Gasteiger partial charge in [-0.2, -0.15) is 0 Å². The Morgan fingerprint density at radius 1 is 1.00 bits per heavy atom. The first-order valence-electron chi connectivity index (χ1n) is 11.5. The van der Waals surface area contributed by atoms with Gasteiger partial charge < -0.3 is 55.5 Å². The van der Waals surface area contributed by atoms with Crippen molar-refractivity contribution in [2.45, 2.75) is 95.0 Å². The molecule has 1 unspecified atom stereocenters. The summed E-state index contributed by atoms with van der Waals surface area (Å²) in [6.45, 7) is 3.24. The second-order valence-electron chi connectivity index (χ2n) is 8.30. The molecule has 0 spiro atoms. The van der Waals surface area contributed by atoms with Crippen LogP contribution in [0.1, 0.15) is 40.0 Å². The lowest BCUT2D eigenvalue weighted by Gasteiger charge is -2.40. The predicted molar refractivity (Wildman–Crippen MR) is 118 cm³/mol. The number of aliphatic hydroxyl groups excluding tert-OH is 5. The van der Waals surface area contributed by atoms with Gasteiger partial charge in [0, 0.05) is 12.8 Å². The number of hydrogen-bond acceptors (Lipinski definition) is 12. The van der Waals surface area contributed by atoms with Gasteiger partial charge in [-0.3, -0.25) is 14.4 Å². The molecule has 15 nitrogen and oxygen atoms in total. The van der Waals surface area contributed by atoms with Gasteiger partial charge in [-0.25, -0.2) is 4.79 Å². The summed E-state index contributed by atoms with van der Waals surface area (Å²) in [4.78, 5) is 48.2. The minimum absolute atomic E-state index is 0.0380. The number of aliphatic hydroxyl groups is 5. The van der Waals surface area contributed by atoms with Gasteiger partial charge in [-0.15, -0.1) is 0 Å². The average molecular weight is 525 g/mol. The largest absolute Gasteiger partial charge is 0.481 e. The molecule has 36 heavy (non-hydrogen) atoms. The lowest BCUT2D eigenvalue weighted by molar-refractivity contribution is -0.304. The number of amides is 2. The monoisotopic (exact) mass is 524 g/mol. The molecule has 0 aromatic rings. The quantitative estimate of drug-likeness (QED) is 0.102. The standard InChI is InChI=1S/C21H36N2O13/c1-4-34-20(33)14(9(2)35-21-18(31)17(30)16(29)10(3)36-21)23-19(32)15(11(25)8-24)22-12(26)6-5-7-13(27)28/h9-11,14-18,21,24-25,29-31H,4-8H2,1-3H3,(H,22,26)(H,23,32)(H,27,28)/t9-,10+,11?,14+,15+,16-,17-,18+,21-/m1/s1. The number of nitrogens with one attached hydrogen (secondary N) is 2. The molecule has 8 N–H and O–H groups in total. The summed E-state index contributed by atoms with van der Waals surface area (Å²) < 4.78 is 15.8. The Labute approximate surface area is 207 Å². The Balaban J connectivity index is 2.98. The van der Waals surface area contributed by atoms with Crippen LogP contribution in [0.25, 0.3) is 0 Å². The van der Waals surface area contributed by atoms with Crippen LogP contribution in [0.2, 0.25) is 0 Å². The Kier molecular flexibility index (Phi) is 13.2.